The summed E-state index contributed by atoms with van der Waals surface area (Å²) in [5.74, 6) is 1.56. The van der Waals surface area contributed by atoms with Gasteiger partial charge in [0.25, 0.3) is 0 Å². The van der Waals surface area contributed by atoms with Crippen molar-refractivity contribution < 1.29 is 4.79 Å². The Hall–Kier alpha value is -0.590. The van der Waals surface area contributed by atoms with Crippen LogP contribution in [0.3, 0.4) is 0 Å². The van der Waals surface area contributed by atoms with Crippen molar-refractivity contribution in [3.8, 4) is 0 Å². The Balaban J connectivity index is 4.31. The van der Waals surface area contributed by atoms with Crippen LogP contribution >= 0.6 is 0 Å². The minimum absolute atomic E-state index is 0.385. The minimum atomic E-state index is 0.385. The van der Waals surface area contributed by atoms with Crippen LogP contribution in [0.25, 0.3) is 0 Å². The first kappa shape index (κ1) is 12.4. The van der Waals surface area contributed by atoms with E-state index in [2.05, 4.69) is 40.7 Å². The van der Waals surface area contributed by atoms with Gasteiger partial charge in [0.1, 0.15) is 6.29 Å². The first-order chi connectivity index (χ1) is 5.99. The summed E-state index contributed by atoms with van der Waals surface area (Å²) >= 11 is 0. The molecule has 13 heavy (non-hydrogen) atoms. The van der Waals surface area contributed by atoms with Crippen LogP contribution in [0.15, 0.2) is 11.6 Å². The summed E-state index contributed by atoms with van der Waals surface area (Å²) in [7, 11) is 0. The number of hydrogen-bond donors (Lipinski definition) is 0. The van der Waals surface area contributed by atoms with E-state index in [0.29, 0.717) is 17.8 Å². The SMILES string of the molecule is CC(C)C/C=C(\C=O)C(C)C(C)C. The van der Waals surface area contributed by atoms with E-state index in [1.165, 1.54) is 0 Å². The van der Waals surface area contributed by atoms with Gasteiger partial charge in [0.2, 0.25) is 0 Å². The highest BCUT2D eigenvalue weighted by atomic mass is 16.1. The number of allylic oxidation sites excluding steroid dienone is 2. The molecule has 1 atom stereocenters. The fourth-order valence-electron chi connectivity index (χ4n) is 1.10. The molecule has 1 heteroatoms. The zero-order valence-corrected chi connectivity index (χ0v) is 9.50. The van der Waals surface area contributed by atoms with Gasteiger partial charge in [0.15, 0.2) is 0 Å². The summed E-state index contributed by atoms with van der Waals surface area (Å²) in [6.45, 7) is 10.7. The molecular formula is C12H22O. The lowest BCUT2D eigenvalue weighted by Crippen LogP contribution is -2.08. The van der Waals surface area contributed by atoms with Crippen LogP contribution in [0.2, 0.25) is 0 Å². The topological polar surface area (TPSA) is 17.1 Å². The highest BCUT2D eigenvalue weighted by molar-refractivity contribution is 5.73. The highest BCUT2D eigenvalue weighted by Gasteiger charge is 2.11. The molecule has 0 amide bonds. The van der Waals surface area contributed by atoms with E-state index in [1.54, 1.807) is 0 Å². The zero-order chi connectivity index (χ0) is 10.4. The Kier molecular flexibility index (Phi) is 5.68. The molecule has 0 bridgehead atoms. The Labute approximate surface area is 82.2 Å². The molecule has 0 rings (SSSR count). The van der Waals surface area contributed by atoms with Gasteiger partial charge in [0, 0.05) is 0 Å². The third-order valence-corrected chi connectivity index (χ3v) is 2.49. The Morgan fingerprint density at radius 2 is 1.69 bits per heavy atom. The van der Waals surface area contributed by atoms with Crippen LogP contribution < -0.4 is 0 Å². The standard InChI is InChI=1S/C12H22O/c1-9(2)6-7-12(8-13)11(5)10(3)4/h7-11H,6H2,1-5H3/b12-7+. The molecule has 0 fully saturated rings. The van der Waals surface area contributed by atoms with Gasteiger partial charge in [-0.1, -0.05) is 40.7 Å². The van der Waals surface area contributed by atoms with Crippen molar-refractivity contribution >= 4 is 6.29 Å². The van der Waals surface area contributed by atoms with E-state index in [9.17, 15) is 4.79 Å². The molecule has 0 N–H and O–H groups in total. The summed E-state index contributed by atoms with van der Waals surface area (Å²) in [5.41, 5.74) is 0.962. The minimum Gasteiger partial charge on any atom is -0.298 e. The normalized spacial score (nSPS) is 15.2. The fraction of sp³-hybridized carbons (Fsp3) is 0.750. The summed E-state index contributed by atoms with van der Waals surface area (Å²) in [4.78, 5) is 10.8. The van der Waals surface area contributed by atoms with Gasteiger partial charge in [0.05, 0.1) is 0 Å². The van der Waals surface area contributed by atoms with Gasteiger partial charge in [-0.25, -0.2) is 0 Å². The maximum atomic E-state index is 10.8. The van der Waals surface area contributed by atoms with Crippen molar-refractivity contribution in [3.05, 3.63) is 11.6 Å². The Morgan fingerprint density at radius 1 is 1.15 bits per heavy atom. The van der Waals surface area contributed by atoms with Gasteiger partial charge in [-0.15, -0.1) is 0 Å². The van der Waals surface area contributed by atoms with Crippen molar-refractivity contribution in [3.63, 3.8) is 0 Å². The van der Waals surface area contributed by atoms with Crippen molar-refractivity contribution in [1.29, 1.82) is 0 Å². The van der Waals surface area contributed by atoms with Gasteiger partial charge >= 0.3 is 0 Å². The second-order valence-electron chi connectivity index (χ2n) is 4.48. The van der Waals surface area contributed by atoms with Crippen LogP contribution in [-0.2, 0) is 4.79 Å². The first-order valence-corrected chi connectivity index (χ1v) is 5.14. The van der Waals surface area contributed by atoms with E-state index >= 15 is 0 Å². The van der Waals surface area contributed by atoms with Gasteiger partial charge in [-0.05, 0) is 29.7 Å². The fourth-order valence-corrected chi connectivity index (χ4v) is 1.10. The zero-order valence-electron chi connectivity index (χ0n) is 9.50. The molecule has 0 aromatic rings. The van der Waals surface area contributed by atoms with Crippen molar-refractivity contribution in [2.45, 2.75) is 41.0 Å². The maximum absolute atomic E-state index is 10.8. The number of aldehydes is 1. The Bertz CT molecular complexity index is 178. The maximum Gasteiger partial charge on any atom is 0.145 e. The molecule has 0 saturated heterocycles. The molecule has 0 aromatic carbocycles. The molecular weight excluding hydrogens is 160 g/mol. The predicted octanol–water partition coefficient (Wildman–Crippen LogP) is 3.45. The monoisotopic (exact) mass is 182 g/mol. The lowest BCUT2D eigenvalue weighted by atomic mass is 9.89. The second-order valence-corrected chi connectivity index (χ2v) is 4.48. The van der Waals surface area contributed by atoms with E-state index in [4.69, 9.17) is 0 Å². The van der Waals surface area contributed by atoms with E-state index in [0.717, 1.165) is 18.3 Å². The predicted molar refractivity (Wildman–Crippen MR) is 57.6 cm³/mol. The molecule has 1 nitrogen and oxygen atoms in total. The molecule has 0 radical (unpaired) electrons. The van der Waals surface area contributed by atoms with Crippen LogP contribution in [-0.4, -0.2) is 6.29 Å². The third kappa shape index (κ3) is 4.87. The molecule has 0 aliphatic carbocycles. The summed E-state index contributed by atoms with van der Waals surface area (Å²) in [6.07, 6.45) is 4.10. The first-order valence-electron chi connectivity index (χ1n) is 5.14. The van der Waals surface area contributed by atoms with Gasteiger partial charge < -0.3 is 0 Å². The molecule has 0 heterocycles. The number of carbonyl (C=O) groups is 1. The van der Waals surface area contributed by atoms with Gasteiger partial charge in [-0.3, -0.25) is 4.79 Å². The van der Waals surface area contributed by atoms with Crippen molar-refractivity contribution in [2.24, 2.45) is 17.8 Å². The summed E-state index contributed by atoms with van der Waals surface area (Å²) < 4.78 is 0. The molecule has 0 aromatic heterocycles. The lowest BCUT2D eigenvalue weighted by Gasteiger charge is -2.15. The van der Waals surface area contributed by atoms with E-state index in [-0.39, 0.29) is 0 Å². The smallest absolute Gasteiger partial charge is 0.145 e. The quantitative estimate of drug-likeness (QED) is 0.470. The van der Waals surface area contributed by atoms with E-state index < -0.39 is 0 Å². The van der Waals surface area contributed by atoms with Crippen molar-refractivity contribution in [2.75, 3.05) is 0 Å². The third-order valence-electron chi connectivity index (χ3n) is 2.49. The molecule has 0 saturated carbocycles. The molecule has 0 aliphatic rings. The van der Waals surface area contributed by atoms with Crippen LogP contribution in [0.4, 0.5) is 0 Å². The molecule has 0 aliphatic heterocycles. The summed E-state index contributed by atoms with van der Waals surface area (Å²) in [6, 6.07) is 0. The largest absolute Gasteiger partial charge is 0.298 e. The van der Waals surface area contributed by atoms with Gasteiger partial charge in [-0.2, -0.15) is 0 Å². The van der Waals surface area contributed by atoms with Crippen LogP contribution in [0.5, 0.6) is 0 Å². The van der Waals surface area contributed by atoms with Crippen LogP contribution in [0, 0.1) is 17.8 Å². The van der Waals surface area contributed by atoms with E-state index in [1.807, 2.05) is 0 Å². The molecule has 1 unspecified atom stereocenters. The molecule has 76 valence electrons. The number of carbonyl (C=O) groups excluding carboxylic acids is 1. The average molecular weight is 182 g/mol. The lowest BCUT2D eigenvalue weighted by molar-refractivity contribution is -0.105. The Morgan fingerprint density at radius 3 is 2.00 bits per heavy atom. The second kappa shape index (κ2) is 5.95. The van der Waals surface area contributed by atoms with Crippen molar-refractivity contribution in [1.82, 2.24) is 0 Å². The van der Waals surface area contributed by atoms with Crippen LogP contribution in [0.1, 0.15) is 41.0 Å². The average Bonchev–Trinajstić information content (AvgIpc) is 2.04. The number of rotatable bonds is 5. The summed E-state index contributed by atoms with van der Waals surface area (Å²) in [5, 5.41) is 0. The highest BCUT2D eigenvalue weighted by Crippen LogP contribution is 2.19. The number of hydrogen-bond acceptors (Lipinski definition) is 1. The molecule has 0 spiro atoms.